The van der Waals surface area contributed by atoms with Crippen LogP contribution in [0.1, 0.15) is 38.3 Å². The van der Waals surface area contributed by atoms with Crippen molar-refractivity contribution >= 4 is 11.4 Å². The van der Waals surface area contributed by atoms with E-state index in [1.807, 2.05) is 31.2 Å². The van der Waals surface area contributed by atoms with E-state index < -0.39 is 0 Å². The summed E-state index contributed by atoms with van der Waals surface area (Å²) in [5.74, 6) is -0.241. The largest absolute Gasteiger partial charge is 0.341 e. The highest BCUT2D eigenvalue weighted by atomic mass is 19.1. The van der Waals surface area contributed by atoms with E-state index in [9.17, 15) is 4.39 Å². The second-order valence-electron chi connectivity index (χ2n) is 5.33. The molecule has 0 saturated carbocycles. The molecule has 0 aliphatic carbocycles. The van der Waals surface area contributed by atoms with Crippen molar-refractivity contribution in [2.45, 2.75) is 32.7 Å². The van der Waals surface area contributed by atoms with E-state index in [4.69, 9.17) is 5.73 Å². The van der Waals surface area contributed by atoms with Crippen LogP contribution in [-0.4, -0.2) is 6.54 Å². The number of para-hydroxylation sites is 1. The van der Waals surface area contributed by atoms with Crippen LogP contribution in [0.3, 0.4) is 0 Å². The number of hydrogen-bond acceptors (Lipinski definition) is 2. The van der Waals surface area contributed by atoms with Crippen molar-refractivity contribution in [2.24, 2.45) is 5.73 Å². The van der Waals surface area contributed by atoms with Crippen LogP contribution in [0.2, 0.25) is 0 Å². The Labute approximate surface area is 126 Å². The van der Waals surface area contributed by atoms with Crippen molar-refractivity contribution in [1.29, 1.82) is 0 Å². The molecule has 2 N–H and O–H groups in total. The monoisotopic (exact) mass is 286 g/mol. The molecule has 0 aliphatic rings. The molecule has 1 unspecified atom stereocenters. The summed E-state index contributed by atoms with van der Waals surface area (Å²) in [4.78, 5) is 2.22. The van der Waals surface area contributed by atoms with Crippen molar-refractivity contribution in [1.82, 2.24) is 0 Å². The lowest BCUT2D eigenvalue weighted by Crippen LogP contribution is -2.21. The van der Waals surface area contributed by atoms with Gasteiger partial charge in [0.25, 0.3) is 0 Å². The fourth-order valence-corrected chi connectivity index (χ4v) is 2.45. The predicted octanol–water partition coefficient (Wildman–Crippen LogP) is 4.78. The van der Waals surface area contributed by atoms with Gasteiger partial charge in [0.15, 0.2) is 0 Å². The van der Waals surface area contributed by atoms with Crippen LogP contribution in [0.4, 0.5) is 15.8 Å². The average Bonchev–Trinajstić information content (AvgIpc) is 2.49. The molecule has 112 valence electrons. The molecule has 3 heteroatoms. The first-order chi connectivity index (χ1) is 10.1. The van der Waals surface area contributed by atoms with E-state index in [0.717, 1.165) is 36.3 Å². The maximum atomic E-state index is 13.6. The lowest BCUT2D eigenvalue weighted by atomic mass is 10.0. The number of rotatable bonds is 6. The molecule has 0 amide bonds. The molecule has 1 atom stereocenters. The van der Waals surface area contributed by atoms with Gasteiger partial charge in [-0.2, -0.15) is 0 Å². The van der Waals surface area contributed by atoms with E-state index in [-0.39, 0.29) is 11.9 Å². The lowest BCUT2D eigenvalue weighted by Gasteiger charge is -2.28. The van der Waals surface area contributed by atoms with Gasteiger partial charge >= 0.3 is 0 Å². The third-order valence-electron chi connectivity index (χ3n) is 3.57. The minimum atomic E-state index is -0.241. The van der Waals surface area contributed by atoms with E-state index in [1.165, 1.54) is 6.07 Å². The molecular formula is C18H23FN2. The Morgan fingerprint density at radius 1 is 1.14 bits per heavy atom. The highest BCUT2D eigenvalue weighted by Crippen LogP contribution is 2.32. The first kappa shape index (κ1) is 15.5. The fraction of sp³-hybridized carbons (Fsp3) is 0.333. The first-order valence-electron chi connectivity index (χ1n) is 7.51. The highest BCUT2D eigenvalue weighted by molar-refractivity contribution is 5.67. The van der Waals surface area contributed by atoms with Crippen LogP contribution in [0.15, 0.2) is 48.5 Å². The quantitative estimate of drug-likeness (QED) is 0.827. The number of anilines is 2. The number of hydrogen-bond donors (Lipinski definition) is 1. The first-order valence-corrected chi connectivity index (χ1v) is 7.51. The fourth-order valence-electron chi connectivity index (χ4n) is 2.45. The van der Waals surface area contributed by atoms with Crippen molar-refractivity contribution in [2.75, 3.05) is 11.4 Å². The second-order valence-corrected chi connectivity index (χ2v) is 5.33. The second kappa shape index (κ2) is 7.23. The van der Waals surface area contributed by atoms with Crippen LogP contribution in [-0.2, 0) is 0 Å². The van der Waals surface area contributed by atoms with Gasteiger partial charge in [-0.3, -0.25) is 0 Å². The van der Waals surface area contributed by atoms with Crippen LogP contribution < -0.4 is 10.6 Å². The van der Waals surface area contributed by atoms with Crippen LogP contribution in [0, 0.1) is 5.82 Å². The molecule has 21 heavy (non-hydrogen) atoms. The smallest absolute Gasteiger partial charge is 0.123 e. The molecule has 0 bridgehead atoms. The number of nitrogens with two attached hydrogens (primary N) is 1. The van der Waals surface area contributed by atoms with Gasteiger partial charge in [0, 0.05) is 24.0 Å². The summed E-state index contributed by atoms with van der Waals surface area (Å²) in [5, 5.41) is 0. The van der Waals surface area contributed by atoms with Crippen LogP contribution in [0.25, 0.3) is 0 Å². The summed E-state index contributed by atoms with van der Waals surface area (Å²) >= 11 is 0. The molecular weight excluding hydrogens is 263 g/mol. The van der Waals surface area contributed by atoms with Crippen LogP contribution >= 0.6 is 0 Å². The van der Waals surface area contributed by atoms with Gasteiger partial charge in [-0.1, -0.05) is 31.5 Å². The van der Waals surface area contributed by atoms with E-state index in [2.05, 4.69) is 24.0 Å². The zero-order chi connectivity index (χ0) is 15.2. The van der Waals surface area contributed by atoms with E-state index in [0.29, 0.717) is 0 Å². The van der Waals surface area contributed by atoms with Gasteiger partial charge in [-0.25, -0.2) is 4.39 Å². The Kier molecular flexibility index (Phi) is 5.34. The molecule has 0 fully saturated rings. The average molecular weight is 286 g/mol. The minimum Gasteiger partial charge on any atom is -0.341 e. The standard InChI is InChI=1S/C18H23FN2/c1-3-4-12-21(16-8-6-5-7-9-16)18-11-10-15(19)13-17(18)14(2)20/h5-11,13-14H,3-4,12,20H2,1-2H3. The van der Waals surface area contributed by atoms with Crippen molar-refractivity contribution < 1.29 is 4.39 Å². The molecule has 0 saturated heterocycles. The minimum absolute atomic E-state index is 0.205. The molecule has 0 aromatic heterocycles. The maximum absolute atomic E-state index is 13.6. The zero-order valence-corrected chi connectivity index (χ0v) is 12.7. The molecule has 2 nitrogen and oxygen atoms in total. The molecule has 2 rings (SSSR count). The van der Waals surface area contributed by atoms with Crippen molar-refractivity contribution in [3.63, 3.8) is 0 Å². The predicted molar refractivity (Wildman–Crippen MR) is 87.4 cm³/mol. The Morgan fingerprint density at radius 3 is 2.48 bits per heavy atom. The van der Waals surface area contributed by atoms with Gasteiger partial charge in [0.05, 0.1) is 0 Å². The van der Waals surface area contributed by atoms with E-state index >= 15 is 0 Å². The molecule has 0 aliphatic heterocycles. The molecule has 2 aromatic carbocycles. The van der Waals surface area contributed by atoms with Gasteiger partial charge in [0.1, 0.15) is 5.82 Å². The number of unbranched alkanes of at least 4 members (excludes halogenated alkanes) is 1. The normalized spacial score (nSPS) is 12.2. The van der Waals surface area contributed by atoms with Crippen LogP contribution in [0.5, 0.6) is 0 Å². The Hall–Kier alpha value is -1.87. The summed E-state index contributed by atoms with van der Waals surface area (Å²) in [6, 6.07) is 14.9. The SMILES string of the molecule is CCCCN(c1ccccc1)c1ccc(F)cc1C(C)N. The van der Waals surface area contributed by atoms with Crippen molar-refractivity contribution in [3.8, 4) is 0 Å². The molecule has 0 heterocycles. The van der Waals surface area contributed by atoms with E-state index in [1.54, 1.807) is 6.07 Å². The van der Waals surface area contributed by atoms with Crippen molar-refractivity contribution in [3.05, 3.63) is 59.9 Å². The van der Waals surface area contributed by atoms with Gasteiger partial charge < -0.3 is 10.6 Å². The summed E-state index contributed by atoms with van der Waals surface area (Å²) in [5.41, 5.74) is 8.98. The molecule has 0 spiro atoms. The third kappa shape index (κ3) is 3.82. The summed E-state index contributed by atoms with van der Waals surface area (Å²) in [6.07, 6.45) is 2.18. The van der Waals surface area contributed by atoms with Gasteiger partial charge in [-0.05, 0) is 49.2 Å². The summed E-state index contributed by atoms with van der Waals surface area (Å²) < 4.78 is 13.6. The zero-order valence-electron chi connectivity index (χ0n) is 12.7. The Bertz CT molecular complexity index is 567. The topological polar surface area (TPSA) is 29.3 Å². The number of nitrogens with zero attached hydrogens (tertiary/aromatic N) is 1. The Morgan fingerprint density at radius 2 is 1.86 bits per heavy atom. The van der Waals surface area contributed by atoms with Gasteiger partial charge in [0.2, 0.25) is 0 Å². The third-order valence-corrected chi connectivity index (χ3v) is 3.57. The molecule has 2 aromatic rings. The maximum Gasteiger partial charge on any atom is 0.123 e. The van der Waals surface area contributed by atoms with Gasteiger partial charge in [-0.15, -0.1) is 0 Å². The Balaban J connectivity index is 2.46. The summed E-state index contributed by atoms with van der Waals surface area (Å²) in [7, 11) is 0. The molecule has 0 radical (unpaired) electrons. The summed E-state index contributed by atoms with van der Waals surface area (Å²) in [6.45, 7) is 4.95. The number of halogens is 1. The highest BCUT2D eigenvalue weighted by Gasteiger charge is 2.16. The lowest BCUT2D eigenvalue weighted by molar-refractivity contribution is 0.622. The number of benzene rings is 2.